The molecule has 2 rings (SSSR count). The van der Waals surface area contributed by atoms with Crippen molar-refractivity contribution in [3.05, 3.63) is 28.5 Å². The minimum absolute atomic E-state index is 0.325. The molecular formula is C10H8ClF3N2. The lowest BCUT2D eigenvalue weighted by Gasteiger charge is -2.07. The van der Waals surface area contributed by atoms with Crippen LogP contribution in [0.25, 0.3) is 11.0 Å². The second kappa shape index (κ2) is 3.66. The molecular weight excluding hydrogens is 241 g/mol. The average molecular weight is 249 g/mol. The Balaban J connectivity index is 2.66. The number of hydrogen-bond donors (Lipinski definition) is 1. The Bertz CT molecular complexity index is 531. The van der Waals surface area contributed by atoms with Crippen molar-refractivity contribution in [2.45, 2.75) is 19.5 Å². The van der Waals surface area contributed by atoms with Gasteiger partial charge >= 0.3 is 6.18 Å². The number of aryl methyl sites for hydroxylation is 1. The number of imidazole rings is 1. The molecule has 86 valence electrons. The maximum Gasteiger partial charge on any atom is 0.417 e. The summed E-state index contributed by atoms with van der Waals surface area (Å²) in [6.07, 6.45) is -3.81. The number of aromatic amines is 1. The number of fused-ring (bicyclic) bond motifs is 1. The van der Waals surface area contributed by atoms with Crippen LogP contribution in [0.3, 0.4) is 0 Å². The first kappa shape index (κ1) is 11.3. The van der Waals surface area contributed by atoms with Crippen molar-refractivity contribution in [1.29, 1.82) is 0 Å². The molecule has 0 bridgehead atoms. The third-order valence-electron chi connectivity index (χ3n) is 2.26. The van der Waals surface area contributed by atoms with Crippen LogP contribution in [0.5, 0.6) is 0 Å². The lowest BCUT2D eigenvalue weighted by molar-refractivity contribution is -0.137. The highest BCUT2D eigenvalue weighted by Crippen LogP contribution is 2.36. The third-order valence-corrected chi connectivity index (χ3v) is 2.57. The van der Waals surface area contributed by atoms with E-state index in [0.717, 1.165) is 6.07 Å². The molecule has 1 aromatic heterocycles. The van der Waals surface area contributed by atoms with E-state index in [1.165, 1.54) is 6.07 Å². The lowest BCUT2D eigenvalue weighted by atomic mass is 10.2. The van der Waals surface area contributed by atoms with Crippen molar-refractivity contribution in [2.24, 2.45) is 0 Å². The van der Waals surface area contributed by atoms with Gasteiger partial charge in [-0.25, -0.2) is 4.98 Å². The van der Waals surface area contributed by atoms with Crippen LogP contribution in [0.15, 0.2) is 12.1 Å². The highest BCUT2D eigenvalue weighted by atomic mass is 35.5. The van der Waals surface area contributed by atoms with Crippen molar-refractivity contribution in [1.82, 2.24) is 9.97 Å². The molecule has 2 nitrogen and oxygen atoms in total. The maximum atomic E-state index is 12.5. The molecule has 0 unspecified atom stereocenters. The van der Waals surface area contributed by atoms with Crippen molar-refractivity contribution in [2.75, 3.05) is 0 Å². The van der Waals surface area contributed by atoms with Gasteiger partial charge in [0.2, 0.25) is 0 Å². The smallest absolute Gasteiger partial charge is 0.342 e. The summed E-state index contributed by atoms with van der Waals surface area (Å²) in [4.78, 5) is 6.92. The fraction of sp³-hybridized carbons (Fsp3) is 0.300. The molecule has 0 aliphatic rings. The first-order valence-corrected chi connectivity index (χ1v) is 5.05. The number of halogens is 4. The number of aromatic nitrogens is 2. The second-order valence-electron chi connectivity index (χ2n) is 3.38. The van der Waals surface area contributed by atoms with Crippen LogP contribution in [0.2, 0.25) is 5.02 Å². The largest absolute Gasteiger partial charge is 0.417 e. The normalized spacial score (nSPS) is 12.3. The van der Waals surface area contributed by atoms with Gasteiger partial charge in [-0.15, -0.1) is 0 Å². The molecule has 2 aromatic rings. The van der Waals surface area contributed by atoms with Crippen molar-refractivity contribution < 1.29 is 13.2 Å². The van der Waals surface area contributed by atoms with Gasteiger partial charge in [-0.05, 0) is 12.1 Å². The summed E-state index contributed by atoms with van der Waals surface area (Å²) in [5, 5.41) is -0.325. The number of rotatable bonds is 1. The van der Waals surface area contributed by atoms with E-state index in [4.69, 9.17) is 11.6 Å². The van der Waals surface area contributed by atoms with Crippen LogP contribution < -0.4 is 0 Å². The van der Waals surface area contributed by atoms with Gasteiger partial charge in [-0.3, -0.25) is 0 Å². The van der Waals surface area contributed by atoms with E-state index >= 15 is 0 Å². The Hall–Kier alpha value is -1.23. The van der Waals surface area contributed by atoms with E-state index in [-0.39, 0.29) is 5.02 Å². The predicted octanol–water partition coefficient (Wildman–Crippen LogP) is 3.80. The number of nitrogens with zero attached hydrogens (tertiary/aromatic N) is 1. The van der Waals surface area contributed by atoms with Crippen LogP contribution in [0, 0.1) is 0 Å². The van der Waals surface area contributed by atoms with Gasteiger partial charge in [0.15, 0.2) is 0 Å². The standard InChI is InChI=1S/C10H8ClF3N2/c1-2-9-15-7-3-5(10(12,13)14)6(11)4-8(7)16-9/h3-4H,2H2,1H3,(H,15,16). The zero-order valence-corrected chi connectivity index (χ0v) is 9.08. The molecule has 0 aliphatic heterocycles. The highest BCUT2D eigenvalue weighted by Gasteiger charge is 2.33. The molecule has 1 heterocycles. The number of benzene rings is 1. The minimum Gasteiger partial charge on any atom is -0.342 e. The molecule has 0 atom stereocenters. The van der Waals surface area contributed by atoms with Gasteiger partial charge in [-0.1, -0.05) is 18.5 Å². The molecule has 1 aromatic carbocycles. The Kier molecular flexibility index (Phi) is 2.58. The lowest BCUT2D eigenvalue weighted by Crippen LogP contribution is -2.05. The first-order valence-electron chi connectivity index (χ1n) is 4.67. The molecule has 1 N–H and O–H groups in total. The predicted molar refractivity (Wildman–Crippen MR) is 55.5 cm³/mol. The van der Waals surface area contributed by atoms with Gasteiger partial charge in [-0.2, -0.15) is 13.2 Å². The highest BCUT2D eigenvalue weighted by molar-refractivity contribution is 6.32. The van der Waals surface area contributed by atoms with Gasteiger partial charge < -0.3 is 4.98 Å². The number of H-pyrrole nitrogens is 1. The molecule has 0 saturated heterocycles. The summed E-state index contributed by atoms with van der Waals surface area (Å²) < 4.78 is 37.6. The van der Waals surface area contributed by atoms with Gasteiger partial charge in [0.05, 0.1) is 21.6 Å². The third kappa shape index (κ3) is 1.87. The molecule has 0 radical (unpaired) electrons. The molecule has 0 amide bonds. The van der Waals surface area contributed by atoms with Crippen LogP contribution >= 0.6 is 11.6 Å². The van der Waals surface area contributed by atoms with Crippen molar-refractivity contribution in [3.63, 3.8) is 0 Å². The molecule has 0 saturated carbocycles. The summed E-state index contributed by atoms with van der Waals surface area (Å²) in [5.41, 5.74) is -0.0311. The van der Waals surface area contributed by atoms with E-state index in [0.29, 0.717) is 23.3 Å². The van der Waals surface area contributed by atoms with Crippen LogP contribution in [0.1, 0.15) is 18.3 Å². The summed E-state index contributed by atoms with van der Waals surface area (Å²) in [5.74, 6) is 0.644. The van der Waals surface area contributed by atoms with Crippen LogP contribution in [-0.4, -0.2) is 9.97 Å². The van der Waals surface area contributed by atoms with E-state index in [2.05, 4.69) is 9.97 Å². The zero-order chi connectivity index (χ0) is 11.9. The van der Waals surface area contributed by atoms with Gasteiger partial charge in [0, 0.05) is 6.42 Å². The van der Waals surface area contributed by atoms with E-state index in [1.54, 1.807) is 0 Å². The quantitative estimate of drug-likeness (QED) is 0.817. The first-order chi connectivity index (χ1) is 7.41. The molecule has 0 spiro atoms. The fourth-order valence-electron chi connectivity index (χ4n) is 1.47. The molecule has 6 heteroatoms. The monoisotopic (exact) mass is 248 g/mol. The topological polar surface area (TPSA) is 28.7 Å². The summed E-state index contributed by atoms with van der Waals surface area (Å²) in [7, 11) is 0. The van der Waals surface area contributed by atoms with E-state index in [9.17, 15) is 13.2 Å². The van der Waals surface area contributed by atoms with E-state index < -0.39 is 11.7 Å². The van der Waals surface area contributed by atoms with E-state index in [1.807, 2.05) is 6.92 Å². The Morgan fingerprint density at radius 3 is 2.62 bits per heavy atom. The minimum atomic E-state index is -4.44. The van der Waals surface area contributed by atoms with Crippen LogP contribution in [0.4, 0.5) is 13.2 Å². The van der Waals surface area contributed by atoms with Crippen molar-refractivity contribution >= 4 is 22.6 Å². The summed E-state index contributed by atoms with van der Waals surface area (Å²) in [6.45, 7) is 1.87. The fourth-order valence-corrected chi connectivity index (χ4v) is 1.73. The summed E-state index contributed by atoms with van der Waals surface area (Å²) >= 11 is 5.57. The Morgan fingerprint density at radius 1 is 1.38 bits per heavy atom. The Morgan fingerprint density at radius 2 is 2.06 bits per heavy atom. The summed E-state index contributed by atoms with van der Waals surface area (Å²) in [6, 6.07) is 2.22. The van der Waals surface area contributed by atoms with Crippen molar-refractivity contribution in [3.8, 4) is 0 Å². The maximum absolute atomic E-state index is 12.5. The molecule has 16 heavy (non-hydrogen) atoms. The molecule has 0 aliphatic carbocycles. The zero-order valence-electron chi connectivity index (χ0n) is 8.32. The SMILES string of the molecule is CCc1nc2cc(Cl)c(C(F)(F)F)cc2[nH]1. The van der Waals surface area contributed by atoms with Gasteiger partial charge in [0.1, 0.15) is 5.82 Å². The van der Waals surface area contributed by atoms with Gasteiger partial charge in [0.25, 0.3) is 0 Å². The number of hydrogen-bond acceptors (Lipinski definition) is 1. The molecule has 0 fully saturated rings. The van der Waals surface area contributed by atoms with Crippen LogP contribution in [-0.2, 0) is 12.6 Å². The Labute approximate surface area is 94.4 Å². The number of alkyl halides is 3. The average Bonchev–Trinajstić information content (AvgIpc) is 2.56. The second-order valence-corrected chi connectivity index (χ2v) is 3.79. The number of nitrogens with one attached hydrogen (secondary N) is 1.